The topological polar surface area (TPSA) is 24.9 Å². The zero-order valence-electron chi connectivity index (χ0n) is 8.55. The van der Waals surface area contributed by atoms with Crippen molar-refractivity contribution in [3.05, 3.63) is 22.7 Å². The minimum Gasteiger partial charge on any atom is -0.358 e. The smallest absolute Gasteiger partial charge is 0.183 e. The van der Waals surface area contributed by atoms with Crippen LogP contribution in [0, 0.1) is 6.92 Å². The van der Waals surface area contributed by atoms with E-state index in [9.17, 15) is 0 Å². The second-order valence-electron chi connectivity index (χ2n) is 3.76. The van der Waals surface area contributed by atoms with E-state index < -0.39 is 0 Å². The first-order valence-corrected chi connectivity index (χ1v) is 6.06. The van der Waals surface area contributed by atoms with Crippen LogP contribution in [0.2, 0.25) is 0 Å². The Morgan fingerprint density at radius 3 is 3.07 bits per heavy atom. The van der Waals surface area contributed by atoms with Crippen molar-refractivity contribution in [3.8, 4) is 0 Å². The fraction of sp³-hybridized carbons (Fsp3) is 0.545. The zero-order valence-corrected chi connectivity index (χ0v) is 9.36. The molecule has 1 aromatic heterocycles. The summed E-state index contributed by atoms with van der Waals surface area (Å²) < 4.78 is 0. The van der Waals surface area contributed by atoms with Crippen molar-refractivity contribution in [3.63, 3.8) is 0 Å². The molecule has 0 fully saturated rings. The van der Waals surface area contributed by atoms with Crippen LogP contribution in [-0.2, 0) is 0 Å². The number of anilines is 1. The molecule has 0 saturated heterocycles. The van der Waals surface area contributed by atoms with Gasteiger partial charge in [0.25, 0.3) is 0 Å². The predicted octanol–water partition coefficient (Wildman–Crippen LogP) is 3.36. The van der Waals surface area contributed by atoms with Gasteiger partial charge in [0, 0.05) is 11.9 Å². The van der Waals surface area contributed by atoms with Crippen LogP contribution in [0.15, 0.2) is 17.0 Å². The summed E-state index contributed by atoms with van der Waals surface area (Å²) >= 11 is 1.69. The third-order valence-corrected chi connectivity index (χ3v) is 3.39. The summed E-state index contributed by atoms with van der Waals surface area (Å²) in [5.74, 6) is 0. The van der Waals surface area contributed by atoms with Crippen molar-refractivity contribution in [2.24, 2.45) is 0 Å². The van der Waals surface area contributed by atoms with Crippen LogP contribution in [0.25, 0.3) is 0 Å². The Kier molecular flexibility index (Phi) is 3.19. The van der Waals surface area contributed by atoms with Gasteiger partial charge in [0.05, 0.1) is 5.69 Å². The van der Waals surface area contributed by atoms with Crippen molar-refractivity contribution >= 4 is 16.5 Å². The number of hydrogen-bond acceptors (Lipinski definition) is 3. The van der Waals surface area contributed by atoms with E-state index >= 15 is 0 Å². The van der Waals surface area contributed by atoms with Gasteiger partial charge in [0.2, 0.25) is 0 Å². The first kappa shape index (κ1) is 9.71. The average Bonchev–Trinajstić information content (AvgIpc) is 2.63. The molecule has 0 unspecified atom stereocenters. The molecule has 2 rings (SSSR count). The van der Waals surface area contributed by atoms with Crippen LogP contribution in [-0.4, -0.2) is 11.5 Å². The van der Waals surface area contributed by atoms with E-state index in [1.165, 1.54) is 25.7 Å². The molecule has 3 heteroatoms. The van der Waals surface area contributed by atoms with Gasteiger partial charge in [-0.3, -0.25) is 0 Å². The van der Waals surface area contributed by atoms with E-state index in [0.717, 1.165) is 17.4 Å². The minimum absolute atomic E-state index is 0.979. The second-order valence-corrected chi connectivity index (χ2v) is 4.61. The molecule has 1 heterocycles. The average molecular weight is 208 g/mol. The summed E-state index contributed by atoms with van der Waals surface area (Å²) in [5.41, 5.74) is 2.65. The maximum atomic E-state index is 4.38. The number of aromatic nitrogens is 1. The molecule has 0 bridgehead atoms. The molecule has 0 aromatic carbocycles. The monoisotopic (exact) mass is 208 g/mol. The van der Waals surface area contributed by atoms with Gasteiger partial charge >= 0.3 is 0 Å². The van der Waals surface area contributed by atoms with Crippen LogP contribution < -0.4 is 5.32 Å². The summed E-state index contributed by atoms with van der Waals surface area (Å²) in [6.07, 6.45) is 7.60. The van der Waals surface area contributed by atoms with Crippen LogP contribution in [0.3, 0.4) is 0 Å². The van der Waals surface area contributed by atoms with Crippen LogP contribution in [0.5, 0.6) is 0 Å². The van der Waals surface area contributed by atoms with Crippen molar-refractivity contribution in [1.29, 1.82) is 0 Å². The van der Waals surface area contributed by atoms with Gasteiger partial charge in [-0.05, 0) is 32.6 Å². The van der Waals surface area contributed by atoms with Gasteiger partial charge in [-0.1, -0.05) is 11.6 Å². The summed E-state index contributed by atoms with van der Waals surface area (Å²) in [4.78, 5) is 4.38. The molecule has 0 spiro atoms. The number of nitrogens with zero attached hydrogens (tertiary/aromatic N) is 1. The van der Waals surface area contributed by atoms with Crippen LogP contribution in [0.4, 0.5) is 5.13 Å². The number of rotatable bonds is 3. The fourth-order valence-electron chi connectivity index (χ4n) is 1.69. The quantitative estimate of drug-likeness (QED) is 0.770. The highest BCUT2D eigenvalue weighted by Crippen LogP contribution is 2.19. The number of nitrogens with one attached hydrogen (secondary N) is 1. The lowest BCUT2D eigenvalue weighted by Crippen LogP contribution is -2.06. The van der Waals surface area contributed by atoms with Gasteiger partial charge < -0.3 is 5.32 Å². The molecule has 0 radical (unpaired) electrons. The Hall–Kier alpha value is -0.830. The van der Waals surface area contributed by atoms with E-state index in [0.29, 0.717) is 0 Å². The molecule has 0 aliphatic heterocycles. The first-order chi connectivity index (χ1) is 6.84. The SMILES string of the molecule is Cc1csc(NCC2=CCCCC2)n1. The lowest BCUT2D eigenvalue weighted by atomic mass is 10.00. The van der Waals surface area contributed by atoms with Gasteiger partial charge in [-0.25, -0.2) is 4.98 Å². The van der Waals surface area contributed by atoms with E-state index in [2.05, 4.69) is 21.8 Å². The Labute approximate surface area is 89.1 Å². The Bertz CT molecular complexity index is 328. The molecule has 1 aliphatic carbocycles. The second kappa shape index (κ2) is 4.60. The lowest BCUT2D eigenvalue weighted by Gasteiger charge is -2.12. The zero-order chi connectivity index (χ0) is 9.80. The highest BCUT2D eigenvalue weighted by Gasteiger charge is 2.04. The fourth-order valence-corrected chi connectivity index (χ4v) is 2.38. The molecular formula is C11H16N2S. The Morgan fingerprint density at radius 2 is 2.43 bits per heavy atom. The van der Waals surface area contributed by atoms with Gasteiger partial charge in [0.1, 0.15) is 0 Å². The van der Waals surface area contributed by atoms with Crippen LogP contribution in [0.1, 0.15) is 31.4 Å². The maximum Gasteiger partial charge on any atom is 0.183 e. The van der Waals surface area contributed by atoms with E-state index in [1.807, 2.05) is 6.92 Å². The Balaban J connectivity index is 1.84. The molecule has 2 nitrogen and oxygen atoms in total. The number of allylic oxidation sites excluding steroid dienone is 1. The number of thiazole rings is 1. The number of hydrogen-bond donors (Lipinski definition) is 1. The number of aryl methyl sites for hydroxylation is 1. The normalized spacial score (nSPS) is 16.5. The largest absolute Gasteiger partial charge is 0.358 e. The summed E-state index contributed by atoms with van der Waals surface area (Å²) in [6, 6.07) is 0. The molecule has 1 aromatic rings. The van der Waals surface area contributed by atoms with Gasteiger partial charge in [0.15, 0.2) is 5.13 Å². The molecule has 14 heavy (non-hydrogen) atoms. The maximum absolute atomic E-state index is 4.38. The first-order valence-electron chi connectivity index (χ1n) is 5.18. The highest BCUT2D eigenvalue weighted by atomic mass is 32.1. The summed E-state index contributed by atoms with van der Waals surface area (Å²) in [7, 11) is 0. The predicted molar refractivity (Wildman–Crippen MR) is 61.9 cm³/mol. The molecule has 1 aliphatic rings. The third kappa shape index (κ3) is 2.58. The van der Waals surface area contributed by atoms with Crippen molar-refractivity contribution in [2.75, 3.05) is 11.9 Å². The van der Waals surface area contributed by atoms with Gasteiger partial charge in [-0.15, -0.1) is 11.3 Å². The molecule has 76 valence electrons. The molecule has 0 saturated carbocycles. The summed E-state index contributed by atoms with van der Waals surface area (Å²) in [5, 5.41) is 6.51. The Morgan fingerprint density at radius 1 is 1.50 bits per heavy atom. The lowest BCUT2D eigenvalue weighted by molar-refractivity contribution is 0.695. The van der Waals surface area contributed by atoms with E-state index in [-0.39, 0.29) is 0 Å². The summed E-state index contributed by atoms with van der Waals surface area (Å²) in [6.45, 7) is 3.01. The third-order valence-electron chi connectivity index (χ3n) is 2.47. The van der Waals surface area contributed by atoms with Crippen LogP contribution >= 0.6 is 11.3 Å². The van der Waals surface area contributed by atoms with Crippen molar-refractivity contribution < 1.29 is 0 Å². The molecule has 1 N–H and O–H groups in total. The molecular weight excluding hydrogens is 192 g/mol. The highest BCUT2D eigenvalue weighted by molar-refractivity contribution is 7.13. The van der Waals surface area contributed by atoms with E-state index in [1.54, 1.807) is 16.9 Å². The standard InChI is InChI=1S/C11H16N2S/c1-9-8-14-11(13-9)12-7-10-5-3-2-4-6-10/h5,8H,2-4,6-7H2,1H3,(H,12,13). The molecule has 0 atom stereocenters. The minimum atomic E-state index is 0.979. The van der Waals surface area contributed by atoms with Crippen molar-refractivity contribution in [2.45, 2.75) is 32.6 Å². The molecule has 0 amide bonds. The van der Waals surface area contributed by atoms with Gasteiger partial charge in [-0.2, -0.15) is 0 Å². The van der Waals surface area contributed by atoms with E-state index in [4.69, 9.17) is 0 Å². The van der Waals surface area contributed by atoms with Crippen molar-refractivity contribution in [1.82, 2.24) is 4.98 Å².